The Labute approximate surface area is 178 Å². The van der Waals surface area contributed by atoms with Crippen LogP contribution in [0.5, 0.6) is 6.01 Å². The van der Waals surface area contributed by atoms with Crippen molar-refractivity contribution >= 4 is 23.0 Å². The molecule has 1 aromatic heterocycles. The standard InChI is InChI=1S/C22H31N5O3/c1-4-16(13-21(28)29-3)17-6-7-20(27-10-8-23-9-11-27)19(12-17)26-18-14-24-22(25-15-18)30-5-2/h6-7,12,14-16,23,26H,4-5,8-11,13H2,1-3H3. The Morgan fingerprint density at radius 1 is 1.23 bits per heavy atom. The van der Waals surface area contributed by atoms with Crippen LogP contribution < -0.4 is 20.3 Å². The van der Waals surface area contributed by atoms with Crippen LogP contribution in [-0.2, 0) is 9.53 Å². The fraction of sp³-hybridized carbons (Fsp3) is 0.500. The molecule has 2 heterocycles. The highest BCUT2D eigenvalue weighted by Crippen LogP contribution is 2.34. The van der Waals surface area contributed by atoms with Crippen molar-refractivity contribution in [2.75, 3.05) is 50.1 Å². The molecule has 3 rings (SSSR count). The first-order valence-corrected chi connectivity index (χ1v) is 10.5. The third-order valence-electron chi connectivity index (χ3n) is 5.26. The van der Waals surface area contributed by atoms with Gasteiger partial charge in [-0.05, 0) is 37.0 Å². The van der Waals surface area contributed by atoms with Gasteiger partial charge in [-0.15, -0.1) is 0 Å². The maximum absolute atomic E-state index is 11.8. The minimum absolute atomic E-state index is 0.103. The van der Waals surface area contributed by atoms with Crippen molar-refractivity contribution < 1.29 is 14.3 Å². The van der Waals surface area contributed by atoms with Gasteiger partial charge in [-0.25, -0.2) is 9.97 Å². The van der Waals surface area contributed by atoms with E-state index in [4.69, 9.17) is 9.47 Å². The third kappa shape index (κ3) is 5.60. The molecule has 0 saturated carbocycles. The van der Waals surface area contributed by atoms with Crippen LogP contribution in [0.4, 0.5) is 17.1 Å². The van der Waals surface area contributed by atoms with Crippen molar-refractivity contribution in [2.24, 2.45) is 0 Å². The minimum Gasteiger partial charge on any atom is -0.469 e. The van der Waals surface area contributed by atoms with E-state index in [2.05, 4.69) is 50.6 Å². The molecule has 1 aliphatic heterocycles. The number of ether oxygens (including phenoxy) is 2. The number of methoxy groups -OCH3 is 1. The summed E-state index contributed by atoms with van der Waals surface area (Å²) >= 11 is 0. The van der Waals surface area contributed by atoms with E-state index in [0.29, 0.717) is 19.0 Å². The Balaban J connectivity index is 1.90. The molecule has 1 aliphatic rings. The van der Waals surface area contributed by atoms with Crippen LogP contribution in [0.15, 0.2) is 30.6 Å². The zero-order valence-electron chi connectivity index (χ0n) is 18.0. The molecule has 0 spiro atoms. The lowest BCUT2D eigenvalue weighted by Crippen LogP contribution is -2.43. The normalized spacial score (nSPS) is 14.8. The molecule has 1 fully saturated rings. The maximum atomic E-state index is 11.8. The summed E-state index contributed by atoms with van der Waals surface area (Å²) in [5, 5.41) is 6.86. The number of carbonyl (C=O) groups is 1. The molecule has 1 saturated heterocycles. The Bertz CT molecular complexity index is 822. The average molecular weight is 414 g/mol. The van der Waals surface area contributed by atoms with Crippen LogP contribution in [0.25, 0.3) is 0 Å². The number of nitrogens with one attached hydrogen (secondary N) is 2. The molecule has 2 N–H and O–H groups in total. The quantitative estimate of drug-likeness (QED) is 0.607. The minimum atomic E-state index is -0.192. The van der Waals surface area contributed by atoms with Gasteiger partial charge in [0.05, 0.1) is 49.6 Å². The van der Waals surface area contributed by atoms with Crippen molar-refractivity contribution in [3.8, 4) is 6.01 Å². The zero-order chi connectivity index (χ0) is 21.3. The molecular weight excluding hydrogens is 382 g/mol. The lowest BCUT2D eigenvalue weighted by atomic mass is 9.92. The Kier molecular flexibility index (Phi) is 7.84. The van der Waals surface area contributed by atoms with E-state index in [0.717, 1.165) is 55.2 Å². The van der Waals surface area contributed by atoms with Crippen LogP contribution >= 0.6 is 0 Å². The second kappa shape index (κ2) is 10.8. The van der Waals surface area contributed by atoms with Gasteiger partial charge in [0.15, 0.2) is 0 Å². The van der Waals surface area contributed by atoms with Crippen LogP contribution in [0, 0.1) is 0 Å². The fourth-order valence-electron chi connectivity index (χ4n) is 3.61. The van der Waals surface area contributed by atoms with E-state index >= 15 is 0 Å². The molecule has 2 aromatic rings. The number of nitrogens with zero attached hydrogens (tertiary/aromatic N) is 3. The maximum Gasteiger partial charge on any atom is 0.316 e. The van der Waals surface area contributed by atoms with Crippen molar-refractivity contribution in [1.82, 2.24) is 15.3 Å². The Hall–Kier alpha value is -2.87. The number of hydrogen-bond donors (Lipinski definition) is 2. The van der Waals surface area contributed by atoms with Crippen LogP contribution in [-0.4, -0.2) is 55.8 Å². The average Bonchev–Trinajstić information content (AvgIpc) is 2.79. The van der Waals surface area contributed by atoms with Crippen molar-refractivity contribution in [3.63, 3.8) is 0 Å². The molecule has 1 unspecified atom stereocenters. The molecule has 162 valence electrons. The van der Waals surface area contributed by atoms with Gasteiger partial charge in [0.25, 0.3) is 0 Å². The summed E-state index contributed by atoms with van der Waals surface area (Å²) in [6, 6.07) is 6.75. The van der Waals surface area contributed by atoms with E-state index in [-0.39, 0.29) is 11.9 Å². The van der Waals surface area contributed by atoms with Gasteiger partial charge >= 0.3 is 12.0 Å². The molecule has 8 heteroatoms. The molecular formula is C22H31N5O3. The first-order valence-electron chi connectivity index (χ1n) is 10.5. The van der Waals surface area contributed by atoms with Gasteiger partial charge in [0, 0.05) is 26.2 Å². The number of anilines is 3. The number of piperazine rings is 1. The molecule has 0 amide bonds. The summed E-state index contributed by atoms with van der Waals surface area (Å²) in [5.41, 5.74) is 4.00. The zero-order valence-corrected chi connectivity index (χ0v) is 18.0. The monoisotopic (exact) mass is 413 g/mol. The second-order valence-electron chi connectivity index (χ2n) is 7.21. The summed E-state index contributed by atoms with van der Waals surface area (Å²) < 4.78 is 10.2. The van der Waals surface area contributed by atoms with E-state index in [1.807, 2.05) is 6.92 Å². The van der Waals surface area contributed by atoms with Gasteiger partial charge in [-0.3, -0.25) is 4.79 Å². The van der Waals surface area contributed by atoms with Gasteiger partial charge in [0.2, 0.25) is 0 Å². The SMILES string of the molecule is CCOc1ncc(Nc2cc(C(CC)CC(=O)OC)ccc2N2CCNCC2)cn1. The highest BCUT2D eigenvalue weighted by Gasteiger charge is 2.19. The number of hydrogen-bond acceptors (Lipinski definition) is 8. The largest absolute Gasteiger partial charge is 0.469 e. The van der Waals surface area contributed by atoms with E-state index in [1.165, 1.54) is 7.11 Å². The summed E-state index contributed by atoms with van der Waals surface area (Å²) in [5.74, 6) is -0.0888. The highest BCUT2D eigenvalue weighted by atomic mass is 16.5. The van der Waals surface area contributed by atoms with E-state index in [9.17, 15) is 4.79 Å². The second-order valence-corrected chi connectivity index (χ2v) is 7.21. The lowest BCUT2D eigenvalue weighted by Gasteiger charge is -2.32. The molecule has 30 heavy (non-hydrogen) atoms. The van der Waals surface area contributed by atoms with Crippen LogP contribution in [0.2, 0.25) is 0 Å². The number of carbonyl (C=O) groups excluding carboxylic acids is 1. The lowest BCUT2D eigenvalue weighted by molar-refractivity contribution is -0.141. The summed E-state index contributed by atoms with van der Waals surface area (Å²) in [6.07, 6.45) is 4.66. The summed E-state index contributed by atoms with van der Waals surface area (Å²) in [6.45, 7) is 8.30. The highest BCUT2D eigenvalue weighted by molar-refractivity contribution is 5.77. The Morgan fingerprint density at radius 2 is 1.97 bits per heavy atom. The number of esters is 1. The molecule has 0 aliphatic carbocycles. The van der Waals surface area contributed by atoms with Crippen molar-refractivity contribution in [2.45, 2.75) is 32.6 Å². The van der Waals surface area contributed by atoms with Crippen molar-refractivity contribution in [1.29, 1.82) is 0 Å². The first kappa shape index (κ1) is 21.8. The molecule has 8 nitrogen and oxygen atoms in total. The molecule has 0 bridgehead atoms. The number of aromatic nitrogens is 2. The van der Waals surface area contributed by atoms with Gasteiger partial charge in [-0.2, -0.15) is 0 Å². The topological polar surface area (TPSA) is 88.6 Å². The summed E-state index contributed by atoms with van der Waals surface area (Å²) in [7, 11) is 1.43. The van der Waals surface area contributed by atoms with Gasteiger partial charge in [0.1, 0.15) is 0 Å². The van der Waals surface area contributed by atoms with Gasteiger partial charge < -0.3 is 25.0 Å². The first-order chi connectivity index (χ1) is 14.6. The predicted octanol–water partition coefficient (Wildman–Crippen LogP) is 3.09. The molecule has 1 aromatic carbocycles. The van der Waals surface area contributed by atoms with Crippen molar-refractivity contribution in [3.05, 3.63) is 36.2 Å². The number of benzene rings is 1. The van der Waals surface area contributed by atoms with E-state index in [1.54, 1.807) is 12.4 Å². The van der Waals surface area contributed by atoms with Crippen LogP contribution in [0.1, 0.15) is 38.2 Å². The number of rotatable bonds is 9. The summed E-state index contributed by atoms with van der Waals surface area (Å²) in [4.78, 5) is 22.7. The van der Waals surface area contributed by atoms with E-state index < -0.39 is 0 Å². The smallest absolute Gasteiger partial charge is 0.316 e. The van der Waals surface area contributed by atoms with Gasteiger partial charge in [-0.1, -0.05) is 13.0 Å². The Morgan fingerprint density at radius 3 is 2.60 bits per heavy atom. The molecule has 0 radical (unpaired) electrons. The predicted molar refractivity (Wildman–Crippen MR) is 118 cm³/mol. The third-order valence-corrected chi connectivity index (χ3v) is 5.26. The molecule has 1 atom stereocenters. The van der Waals surface area contributed by atoms with Crippen LogP contribution in [0.3, 0.4) is 0 Å². The fourth-order valence-corrected chi connectivity index (χ4v) is 3.61.